The van der Waals surface area contributed by atoms with Crippen molar-refractivity contribution in [3.63, 3.8) is 0 Å². The summed E-state index contributed by atoms with van der Waals surface area (Å²) in [5, 5.41) is 11.7. The van der Waals surface area contributed by atoms with Crippen LogP contribution in [-0.2, 0) is 6.18 Å². The van der Waals surface area contributed by atoms with Crippen LogP contribution < -0.4 is 5.32 Å². The molecule has 1 N–H and O–H groups in total. The molecular formula is C13H15F3N2. The molecule has 0 aliphatic rings. The minimum Gasteiger partial charge on any atom is -0.381 e. The topological polar surface area (TPSA) is 35.8 Å². The quantitative estimate of drug-likeness (QED) is 0.881. The van der Waals surface area contributed by atoms with Crippen LogP contribution in [0.5, 0.6) is 0 Å². The predicted molar refractivity (Wildman–Crippen MR) is 63.9 cm³/mol. The zero-order valence-corrected chi connectivity index (χ0v) is 10.3. The zero-order valence-electron chi connectivity index (χ0n) is 10.3. The average molecular weight is 256 g/mol. The summed E-state index contributed by atoms with van der Waals surface area (Å²) in [7, 11) is 0. The molecule has 0 spiro atoms. The first-order chi connectivity index (χ1) is 8.34. The Hall–Kier alpha value is -1.70. The molecular weight excluding hydrogens is 241 g/mol. The third-order valence-electron chi connectivity index (χ3n) is 2.68. The number of rotatable bonds is 4. The predicted octanol–water partition coefficient (Wildman–Crippen LogP) is 4.06. The second kappa shape index (κ2) is 5.76. The first-order valence-electron chi connectivity index (χ1n) is 5.65. The molecule has 18 heavy (non-hydrogen) atoms. The van der Waals surface area contributed by atoms with Crippen molar-refractivity contribution in [2.75, 3.05) is 5.32 Å². The van der Waals surface area contributed by atoms with Gasteiger partial charge in [-0.25, -0.2) is 0 Å². The van der Waals surface area contributed by atoms with Crippen LogP contribution in [0, 0.1) is 17.2 Å². The van der Waals surface area contributed by atoms with E-state index in [1.54, 1.807) is 0 Å². The van der Waals surface area contributed by atoms with Gasteiger partial charge in [0.15, 0.2) is 0 Å². The number of nitrogens with zero attached hydrogens (tertiary/aromatic N) is 1. The Morgan fingerprint density at radius 3 is 2.17 bits per heavy atom. The summed E-state index contributed by atoms with van der Waals surface area (Å²) >= 11 is 0. The molecule has 0 fully saturated rings. The number of nitriles is 1. The van der Waals surface area contributed by atoms with Gasteiger partial charge in [0, 0.05) is 11.7 Å². The molecule has 0 aliphatic carbocycles. The maximum Gasteiger partial charge on any atom is 0.416 e. The van der Waals surface area contributed by atoms with E-state index < -0.39 is 11.7 Å². The molecule has 0 radical (unpaired) electrons. The molecule has 0 saturated heterocycles. The van der Waals surface area contributed by atoms with Gasteiger partial charge in [0.25, 0.3) is 0 Å². The van der Waals surface area contributed by atoms with Gasteiger partial charge >= 0.3 is 6.18 Å². The Kier molecular flexibility index (Phi) is 4.60. The Morgan fingerprint density at radius 2 is 1.78 bits per heavy atom. The molecule has 0 bridgehead atoms. The molecule has 0 amide bonds. The second-order valence-electron chi connectivity index (χ2n) is 4.43. The molecule has 0 saturated carbocycles. The number of halogens is 3. The van der Waals surface area contributed by atoms with Crippen molar-refractivity contribution in [2.24, 2.45) is 5.92 Å². The molecule has 1 aromatic rings. The third kappa shape index (κ3) is 3.95. The summed E-state index contributed by atoms with van der Waals surface area (Å²) in [6.45, 7) is 3.91. The molecule has 0 aliphatic heterocycles. The van der Waals surface area contributed by atoms with E-state index in [1.165, 1.54) is 12.1 Å². The van der Waals surface area contributed by atoms with Crippen LogP contribution >= 0.6 is 0 Å². The summed E-state index contributed by atoms with van der Waals surface area (Å²) in [5.74, 6) is 0.229. The van der Waals surface area contributed by atoms with E-state index >= 15 is 0 Å². The van der Waals surface area contributed by atoms with E-state index in [0.29, 0.717) is 12.1 Å². The maximum absolute atomic E-state index is 12.4. The normalized spacial score (nSPS) is 13.2. The average Bonchev–Trinajstić information content (AvgIpc) is 2.28. The highest BCUT2D eigenvalue weighted by Crippen LogP contribution is 2.30. The van der Waals surface area contributed by atoms with Gasteiger partial charge in [-0.2, -0.15) is 18.4 Å². The van der Waals surface area contributed by atoms with Gasteiger partial charge < -0.3 is 5.32 Å². The van der Waals surface area contributed by atoms with Crippen LogP contribution in [0.1, 0.15) is 25.8 Å². The molecule has 1 aromatic carbocycles. The van der Waals surface area contributed by atoms with E-state index in [1.807, 2.05) is 13.8 Å². The smallest absolute Gasteiger partial charge is 0.381 e. The Labute approximate surface area is 104 Å². The van der Waals surface area contributed by atoms with E-state index in [4.69, 9.17) is 5.26 Å². The van der Waals surface area contributed by atoms with Gasteiger partial charge in [0.2, 0.25) is 0 Å². The minimum absolute atomic E-state index is 0.0632. The fourth-order valence-electron chi connectivity index (χ4n) is 1.52. The number of hydrogen-bond donors (Lipinski definition) is 1. The summed E-state index contributed by atoms with van der Waals surface area (Å²) in [4.78, 5) is 0. The van der Waals surface area contributed by atoms with E-state index in [2.05, 4.69) is 11.4 Å². The molecule has 5 heteroatoms. The SMILES string of the molecule is CC(C)[C@@H](CC#N)Nc1ccc(C(F)(F)F)cc1. The minimum atomic E-state index is -4.32. The van der Waals surface area contributed by atoms with Crippen molar-refractivity contribution in [1.29, 1.82) is 5.26 Å². The lowest BCUT2D eigenvalue weighted by molar-refractivity contribution is -0.137. The summed E-state index contributed by atoms with van der Waals surface area (Å²) in [6.07, 6.45) is -4.00. The van der Waals surface area contributed by atoms with Crippen molar-refractivity contribution >= 4 is 5.69 Å². The molecule has 98 valence electrons. The van der Waals surface area contributed by atoms with Crippen molar-refractivity contribution < 1.29 is 13.2 Å². The highest BCUT2D eigenvalue weighted by atomic mass is 19.4. The Bertz CT molecular complexity index is 415. The lowest BCUT2D eigenvalue weighted by atomic mass is 10.0. The van der Waals surface area contributed by atoms with E-state index in [-0.39, 0.29) is 12.0 Å². The molecule has 1 rings (SSSR count). The van der Waals surface area contributed by atoms with Crippen LogP contribution in [0.4, 0.5) is 18.9 Å². The van der Waals surface area contributed by atoms with Crippen LogP contribution in [0.15, 0.2) is 24.3 Å². The van der Waals surface area contributed by atoms with Gasteiger partial charge in [-0.05, 0) is 30.2 Å². The molecule has 2 nitrogen and oxygen atoms in total. The summed E-state index contributed by atoms with van der Waals surface area (Å²) in [5.41, 5.74) is -0.0774. The standard InChI is InChI=1S/C13H15F3N2/c1-9(2)12(7-8-17)18-11-5-3-10(4-6-11)13(14,15)16/h3-6,9,12,18H,7H2,1-2H3/t12-/m1/s1. The van der Waals surface area contributed by atoms with Crippen molar-refractivity contribution in [3.8, 4) is 6.07 Å². The van der Waals surface area contributed by atoms with Gasteiger partial charge in [-0.3, -0.25) is 0 Å². The fraction of sp³-hybridized carbons (Fsp3) is 0.462. The van der Waals surface area contributed by atoms with E-state index in [0.717, 1.165) is 12.1 Å². The monoisotopic (exact) mass is 256 g/mol. The van der Waals surface area contributed by atoms with Crippen LogP contribution in [0.3, 0.4) is 0 Å². The van der Waals surface area contributed by atoms with Gasteiger partial charge in [-0.1, -0.05) is 13.8 Å². The van der Waals surface area contributed by atoms with Gasteiger partial charge in [0.1, 0.15) is 0 Å². The zero-order chi connectivity index (χ0) is 13.8. The lowest BCUT2D eigenvalue weighted by Crippen LogP contribution is -2.25. The fourth-order valence-corrected chi connectivity index (χ4v) is 1.52. The molecule has 1 atom stereocenters. The third-order valence-corrected chi connectivity index (χ3v) is 2.68. The van der Waals surface area contributed by atoms with Crippen molar-refractivity contribution in [3.05, 3.63) is 29.8 Å². The van der Waals surface area contributed by atoms with Crippen LogP contribution in [0.25, 0.3) is 0 Å². The first-order valence-corrected chi connectivity index (χ1v) is 5.65. The van der Waals surface area contributed by atoms with Crippen molar-refractivity contribution in [2.45, 2.75) is 32.5 Å². The second-order valence-corrected chi connectivity index (χ2v) is 4.43. The van der Waals surface area contributed by atoms with E-state index in [9.17, 15) is 13.2 Å². The maximum atomic E-state index is 12.4. The van der Waals surface area contributed by atoms with Crippen molar-refractivity contribution in [1.82, 2.24) is 0 Å². The summed E-state index contributed by atoms with van der Waals surface area (Å²) < 4.78 is 37.1. The van der Waals surface area contributed by atoms with Crippen LogP contribution in [-0.4, -0.2) is 6.04 Å². The number of anilines is 1. The molecule has 0 unspecified atom stereocenters. The summed E-state index contributed by atoms with van der Waals surface area (Å²) in [6, 6.07) is 6.84. The number of nitrogens with one attached hydrogen (secondary N) is 1. The van der Waals surface area contributed by atoms with Gasteiger partial charge in [-0.15, -0.1) is 0 Å². The van der Waals surface area contributed by atoms with Gasteiger partial charge in [0.05, 0.1) is 18.1 Å². The largest absolute Gasteiger partial charge is 0.416 e. The Balaban J connectivity index is 2.77. The molecule has 0 aromatic heterocycles. The number of alkyl halides is 3. The highest BCUT2D eigenvalue weighted by molar-refractivity contribution is 5.46. The number of benzene rings is 1. The highest BCUT2D eigenvalue weighted by Gasteiger charge is 2.30. The number of hydrogen-bond acceptors (Lipinski definition) is 2. The van der Waals surface area contributed by atoms with Crippen LogP contribution in [0.2, 0.25) is 0 Å². The molecule has 0 heterocycles. The Morgan fingerprint density at radius 1 is 1.22 bits per heavy atom. The first kappa shape index (κ1) is 14.4. The lowest BCUT2D eigenvalue weighted by Gasteiger charge is -2.21.